The van der Waals surface area contributed by atoms with Crippen molar-refractivity contribution < 1.29 is 14.1 Å². The van der Waals surface area contributed by atoms with Crippen LogP contribution in [-0.4, -0.2) is 15.8 Å². The summed E-state index contributed by atoms with van der Waals surface area (Å²) >= 11 is 0. The van der Waals surface area contributed by atoms with E-state index in [0.29, 0.717) is 5.69 Å². The predicted octanol–water partition coefficient (Wildman–Crippen LogP) is 2.37. The van der Waals surface area contributed by atoms with Gasteiger partial charge >= 0.3 is 0 Å². The minimum atomic E-state index is -0.722. The number of aromatic nitrogens is 1. The minimum absolute atomic E-state index is 0.110. The number of nitrogens with one attached hydrogen (secondary N) is 1. The van der Waals surface area contributed by atoms with Gasteiger partial charge in [0.2, 0.25) is 0 Å². The second kappa shape index (κ2) is 6.08. The summed E-state index contributed by atoms with van der Waals surface area (Å²) in [4.78, 5) is 26.2. The van der Waals surface area contributed by atoms with E-state index in [1.165, 1.54) is 0 Å². The molecule has 0 saturated carbocycles. The van der Waals surface area contributed by atoms with Gasteiger partial charge < -0.3 is 5.32 Å². The summed E-state index contributed by atoms with van der Waals surface area (Å²) in [5.41, 5.74) is 0.775. The Bertz CT molecular complexity index is 704. The van der Waals surface area contributed by atoms with Crippen LogP contribution in [0, 0.1) is 22.9 Å². The van der Waals surface area contributed by atoms with E-state index < -0.39 is 22.3 Å². The van der Waals surface area contributed by atoms with Crippen molar-refractivity contribution in [3.05, 3.63) is 69.3 Å². The molecule has 1 N–H and O–H groups in total. The molecule has 1 heterocycles. The number of amides is 1. The van der Waals surface area contributed by atoms with Crippen LogP contribution in [0.1, 0.15) is 21.6 Å². The molecule has 2 aromatic rings. The first-order valence-corrected chi connectivity index (χ1v) is 6.11. The molecule has 21 heavy (non-hydrogen) atoms. The molecule has 0 fully saturated rings. The Kier molecular flexibility index (Phi) is 4.22. The number of nitro benzene ring substituents is 1. The Hall–Kier alpha value is -2.83. The van der Waals surface area contributed by atoms with Crippen molar-refractivity contribution in [3.8, 4) is 0 Å². The first-order valence-electron chi connectivity index (χ1n) is 6.11. The van der Waals surface area contributed by atoms with Crippen LogP contribution < -0.4 is 5.32 Å². The van der Waals surface area contributed by atoms with E-state index in [1.807, 2.05) is 13.0 Å². The molecule has 0 spiro atoms. The molecule has 0 aliphatic carbocycles. The van der Waals surface area contributed by atoms with Crippen molar-refractivity contribution in [3.63, 3.8) is 0 Å². The van der Waals surface area contributed by atoms with Crippen LogP contribution in [0.15, 0.2) is 36.5 Å². The zero-order valence-corrected chi connectivity index (χ0v) is 11.2. The van der Waals surface area contributed by atoms with Gasteiger partial charge in [0.15, 0.2) is 0 Å². The number of hydrogen-bond donors (Lipinski definition) is 1. The lowest BCUT2D eigenvalue weighted by Gasteiger charge is -2.07. The van der Waals surface area contributed by atoms with Gasteiger partial charge in [-0.3, -0.25) is 19.9 Å². The standard InChI is InChI=1S/C14H12FN3O3/c1-9-3-2-6-16-12(9)8-17-14(19)11-7-10(15)4-5-13(11)18(20)21/h2-7H,8H2,1H3,(H,17,19). The average molecular weight is 289 g/mol. The fourth-order valence-corrected chi connectivity index (χ4v) is 1.81. The van der Waals surface area contributed by atoms with Crippen LogP contribution in [-0.2, 0) is 6.54 Å². The van der Waals surface area contributed by atoms with Crippen LogP contribution in [0.3, 0.4) is 0 Å². The van der Waals surface area contributed by atoms with Gasteiger partial charge in [0.05, 0.1) is 17.2 Å². The third-order valence-electron chi connectivity index (χ3n) is 2.93. The molecule has 108 valence electrons. The van der Waals surface area contributed by atoms with Crippen molar-refractivity contribution in [1.82, 2.24) is 10.3 Å². The number of benzene rings is 1. The van der Waals surface area contributed by atoms with E-state index in [2.05, 4.69) is 10.3 Å². The van der Waals surface area contributed by atoms with Crippen LogP contribution in [0.5, 0.6) is 0 Å². The van der Waals surface area contributed by atoms with Gasteiger partial charge in [-0.05, 0) is 30.7 Å². The zero-order valence-electron chi connectivity index (χ0n) is 11.2. The smallest absolute Gasteiger partial charge is 0.282 e. The maximum absolute atomic E-state index is 13.2. The zero-order chi connectivity index (χ0) is 15.4. The van der Waals surface area contributed by atoms with Gasteiger partial charge in [-0.25, -0.2) is 4.39 Å². The lowest BCUT2D eigenvalue weighted by atomic mass is 10.1. The van der Waals surface area contributed by atoms with Crippen molar-refractivity contribution in [2.75, 3.05) is 0 Å². The van der Waals surface area contributed by atoms with Crippen LogP contribution in [0.25, 0.3) is 0 Å². The number of hydrogen-bond acceptors (Lipinski definition) is 4. The Balaban J connectivity index is 2.19. The maximum atomic E-state index is 13.2. The number of halogens is 1. The molecule has 0 radical (unpaired) electrons. The highest BCUT2D eigenvalue weighted by Crippen LogP contribution is 2.19. The van der Waals surface area contributed by atoms with Crippen LogP contribution in [0.4, 0.5) is 10.1 Å². The van der Waals surface area contributed by atoms with E-state index in [0.717, 1.165) is 23.8 Å². The topological polar surface area (TPSA) is 85.1 Å². The van der Waals surface area contributed by atoms with Crippen molar-refractivity contribution in [2.45, 2.75) is 13.5 Å². The van der Waals surface area contributed by atoms with E-state index in [4.69, 9.17) is 0 Å². The number of aryl methyl sites for hydroxylation is 1. The van der Waals surface area contributed by atoms with E-state index in [-0.39, 0.29) is 12.1 Å². The highest BCUT2D eigenvalue weighted by Gasteiger charge is 2.20. The third kappa shape index (κ3) is 3.38. The molecule has 6 nitrogen and oxygen atoms in total. The number of pyridine rings is 1. The largest absolute Gasteiger partial charge is 0.346 e. The molecule has 0 unspecified atom stereocenters. The summed E-state index contributed by atoms with van der Waals surface area (Å²) in [6, 6.07) is 6.35. The van der Waals surface area contributed by atoms with Crippen molar-refractivity contribution in [2.24, 2.45) is 0 Å². The molecular formula is C14H12FN3O3. The Morgan fingerprint density at radius 3 is 2.86 bits per heavy atom. The van der Waals surface area contributed by atoms with Gasteiger partial charge in [-0.15, -0.1) is 0 Å². The molecule has 1 aromatic carbocycles. The fourth-order valence-electron chi connectivity index (χ4n) is 1.81. The fraction of sp³-hybridized carbons (Fsp3) is 0.143. The van der Waals surface area contributed by atoms with Crippen molar-refractivity contribution in [1.29, 1.82) is 0 Å². The predicted molar refractivity (Wildman–Crippen MR) is 73.2 cm³/mol. The van der Waals surface area contributed by atoms with E-state index in [1.54, 1.807) is 12.3 Å². The minimum Gasteiger partial charge on any atom is -0.346 e. The highest BCUT2D eigenvalue weighted by atomic mass is 19.1. The second-order valence-corrected chi connectivity index (χ2v) is 4.37. The second-order valence-electron chi connectivity index (χ2n) is 4.37. The summed E-state index contributed by atoms with van der Waals surface area (Å²) in [5, 5.41) is 13.4. The number of nitrogens with zero attached hydrogens (tertiary/aromatic N) is 2. The van der Waals surface area contributed by atoms with Gasteiger partial charge in [-0.2, -0.15) is 0 Å². The third-order valence-corrected chi connectivity index (χ3v) is 2.93. The molecule has 1 aromatic heterocycles. The van der Waals surface area contributed by atoms with E-state index in [9.17, 15) is 19.3 Å². The number of nitro groups is 1. The monoisotopic (exact) mass is 289 g/mol. The van der Waals surface area contributed by atoms with Crippen LogP contribution >= 0.6 is 0 Å². The molecule has 1 amide bonds. The Morgan fingerprint density at radius 2 is 2.19 bits per heavy atom. The first kappa shape index (κ1) is 14.6. The summed E-state index contributed by atoms with van der Waals surface area (Å²) in [6.07, 6.45) is 1.58. The quantitative estimate of drug-likeness (QED) is 0.691. The summed E-state index contributed by atoms with van der Waals surface area (Å²) in [7, 11) is 0. The summed E-state index contributed by atoms with van der Waals surface area (Å²) in [6.45, 7) is 1.94. The highest BCUT2D eigenvalue weighted by molar-refractivity contribution is 5.98. The Labute approximate surface area is 119 Å². The van der Waals surface area contributed by atoms with Crippen LogP contribution in [0.2, 0.25) is 0 Å². The normalized spacial score (nSPS) is 10.2. The first-order chi connectivity index (χ1) is 9.99. The maximum Gasteiger partial charge on any atom is 0.282 e. The molecule has 0 aliphatic rings. The molecule has 0 saturated heterocycles. The number of carbonyl (C=O) groups is 1. The summed E-state index contributed by atoms with van der Waals surface area (Å²) in [5.74, 6) is -1.42. The van der Waals surface area contributed by atoms with Gasteiger partial charge in [0.1, 0.15) is 11.4 Å². The molecule has 2 rings (SSSR count). The van der Waals surface area contributed by atoms with Gasteiger partial charge in [-0.1, -0.05) is 6.07 Å². The molecule has 0 bridgehead atoms. The average Bonchev–Trinajstić information content (AvgIpc) is 2.45. The lowest BCUT2D eigenvalue weighted by molar-refractivity contribution is -0.385. The number of rotatable bonds is 4. The molecule has 0 aliphatic heterocycles. The molecule has 7 heteroatoms. The SMILES string of the molecule is Cc1cccnc1CNC(=O)c1cc(F)ccc1[N+](=O)[O-]. The molecular weight excluding hydrogens is 277 g/mol. The van der Waals surface area contributed by atoms with Gasteiger partial charge in [0.25, 0.3) is 11.6 Å². The lowest BCUT2D eigenvalue weighted by Crippen LogP contribution is -2.24. The Morgan fingerprint density at radius 1 is 1.43 bits per heavy atom. The number of carbonyl (C=O) groups excluding carboxylic acids is 1. The summed E-state index contributed by atoms with van der Waals surface area (Å²) < 4.78 is 13.2. The molecule has 0 atom stereocenters. The van der Waals surface area contributed by atoms with Crippen molar-refractivity contribution >= 4 is 11.6 Å². The van der Waals surface area contributed by atoms with E-state index >= 15 is 0 Å². The van der Waals surface area contributed by atoms with Gasteiger partial charge in [0, 0.05) is 12.3 Å².